The molecule has 0 amide bonds. The lowest BCUT2D eigenvalue weighted by atomic mass is 9.87. The normalized spacial score (nSPS) is 19.3. The van der Waals surface area contributed by atoms with Crippen LogP contribution in [0.4, 0.5) is 20.2 Å². The van der Waals surface area contributed by atoms with E-state index in [1.165, 1.54) is 18.5 Å². The van der Waals surface area contributed by atoms with Crippen molar-refractivity contribution in [3.8, 4) is 11.4 Å². The van der Waals surface area contributed by atoms with Crippen molar-refractivity contribution in [1.82, 2.24) is 29.1 Å². The van der Waals surface area contributed by atoms with Crippen molar-refractivity contribution in [2.45, 2.75) is 57.6 Å². The molecule has 0 spiro atoms. The molecule has 8 rings (SSSR count). The number of anilines is 2. The molecule has 58 heavy (non-hydrogen) atoms. The molecule has 0 N–H and O–H groups in total. The van der Waals surface area contributed by atoms with Gasteiger partial charge in [-0.1, -0.05) is 43.3 Å². The van der Waals surface area contributed by atoms with Crippen LogP contribution in [0.25, 0.3) is 5.69 Å². The minimum atomic E-state index is -1.02. The van der Waals surface area contributed by atoms with E-state index in [0.717, 1.165) is 60.6 Å². The quantitative estimate of drug-likeness (QED) is 0.111. The smallest absolute Gasteiger partial charge is 0.350 e. The molecule has 4 aromatic carbocycles. The Balaban J connectivity index is 0.828. The highest BCUT2D eigenvalue weighted by Gasteiger charge is 2.44. The summed E-state index contributed by atoms with van der Waals surface area (Å²) in [4.78, 5) is 22.2. The number of hydrogen-bond acceptors (Lipinski definition) is 9. The van der Waals surface area contributed by atoms with Gasteiger partial charge in [-0.15, -0.1) is 0 Å². The maximum absolute atomic E-state index is 15.0. The maximum atomic E-state index is 15.0. The van der Waals surface area contributed by atoms with Gasteiger partial charge in [0.2, 0.25) is 0 Å². The fraction of sp³-hybridized carbons (Fsp3) is 0.364. The van der Waals surface area contributed by atoms with Gasteiger partial charge in [0.05, 0.1) is 44.2 Å². The van der Waals surface area contributed by atoms with Crippen LogP contribution in [0, 0.1) is 17.6 Å². The van der Waals surface area contributed by atoms with Gasteiger partial charge in [-0.25, -0.2) is 32.5 Å². The standard InChI is InChI=1S/C44H48F2N8O4/c1-3-42(32(2)56-25-33-7-5-4-6-8-33)54-43(55)53(31-49-54)38-12-10-36(11-13-38)50-19-21-51(22-20-50)37-14-16-39(17-15-37)57-26-34-24-44(58-27-34,28-52-30-47-29-48-52)40-18-9-35(45)23-41(40)46/h4-18,23,29-32,34,42H,3,19-22,24-28H2,1-2H3/t32-,34+,42+,44+/m0/s1. The molecule has 2 saturated heterocycles. The van der Waals surface area contributed by atoms with Crippen molar-refractivity contribution in [2.75, 3.05) is 49.2 Å². The lowest BCUT2D eigenvalue weighted by Gasteiger charge is -2.37. The first-order valence-corrected chi connectivity index (χ1v) is 19.9. The molecule has 12 nitrogen and oxygen atoms in total. The van der Waals surface area contributed by atoms with Crippen LogP contribution >= 0.6 is 0 Å². The number of piperazine rings is 1. The molecule has 6 aromatic rings. The Morgan fingerprint density at radius 1 is 0.862 bits per heavy atom. The Labute approximate surface area is 336 Å². The number of benzene rings is 4. The lowest BCUT2D eigenvalue weighted by Crippen LogP contribution is -2.46. The minimum Gasteiger partial charge on any atom is -0.493 e. The maximum Gasteiger partial charge on any atom is 0.350 e. The Morgan fingerprint density at radius 3 is 2.21 bits per heavy atom. The molecule has 0 unspecified atom stereocenters. The summed E-state index contributed by atoms with van der Waals surface area (Å²) in [5.74, 6) is -0.555. The van der Waals surface area contributed by atoms with Crippen LogP contribution < -0.4 is 20.2 Å². The highest BCUT2D eigenvalue weighted by Crippen LogP contribution is 2.42. The molecule has 0 bridgehead atoms. The van der Waals surface area contributed by atoms with Crippen LogP contribution in [0.15, 0.2) is 121 Å². The summed E-state index contributed by atoms with van der Waals surface area (Å²) in [5, 5.41) is 8.68. The SMILES string of the molecule is CC[C@H]([C@H](C)OCc1ccccc1)n1ncn(-c2ccc(N3CCN(c4ccc(OC[C@@H]5CO[C@](Cn6cncn6)(c6ccc(F)cc6F)C5)cc4)CC3)cc2)c1=O. The first-order chi connectivity index (χ1) is 28.3. The molecule has 2 aliphatic rings. The summed E-state index contributed by atoms with van der Waals surface area (Å²) >= 11 is 0. The fourth-order valence-electron chi connectivity index (χ4n) is 8.14. The summed E-state index contributed by atoms with van der Waals surface area (Å²) in [6, 6.07) is 29.6. The molecule has 2 aromatic heterocycles. The van der Waals surface area contributed by atoms with Crippen LogP contribution in [0.3, 0.4) is 0 Å². The highest BCUT2D eigenvalue weighted by atomic mass is 19.1. The van der Waals surface area contributed by atoms with Gasteiger partial charge in [0, 0.05) is 55.1 Å². The molecular weight excluding hydrogens is 743 g/mol. The molecular formula is C44H48F2N8O4. The van der Waals surface area contributed by atoms with Gasteiger partial charge in [-0.3, -0.25) is 0 Å². The van der Waals surface area contributed by atoms with Gasteiger partial charge < -0.3 is 24.0 Å². The second-order valence-electron chi connectivity index (χ2n) is 15.1. The molecule has 14 heteroatoms. The van der Waals surface area contributed by atoms with Crippen molar-refractivity contribution in [1.29, 1.82) is 0 Å². The second-order valence-corrected chi connectivity index (χ2v) is 15.1. The predicted octanol–water partition coefficient (Wildman–Crippen LogP) is 6.80. The van der Waals surface area contributed by atoms with Crippen LogP contribution in [-0.2, 0) is 28.2 Å². The number of hydrogen-bond donors (Lipinski definition) is 0. The molecule has 0 radical (unpaired) electrons. The van der Waals surface area contributed by atoms with Crippen molar-refractivity contribution >= 4 is 11.4 Å². The Bertz CT molecular complexity index is 2300. The van der Waals surface area contributed by atoms with E-state index in [2.05, 4.69) is 49.2 Å². The summed E-state index contributed by atoms with van der Waals surface area (Å²) in [5.41, 5.74) is 3.16. The van der Waals surface area contributed by atoms with Gasteiger partial charge in [-0.2, -0.15) is 10.2 Å². The van der Waals surface area contributed by atoms with E-state index >= 15 is 4.39 Å². The van der Waals surface area contributed by atoms with Crippen molar-refractivity contribution in [3.05, 3.63) is 149 Å². The van der Waals surface area contributed by atoms with E-state index in [0.29, 0.717) is 38.2 Å². The third kappa shape index (κ3) is 8.53. The molecule has 0 aliphatic carbocycles. The average molecular weight is 791 g/mol. The van der Waals surface area contributed by atoms with Gasteiger partial charge >= 0.3 is 5.69 Å². The first-order valence-electron chi connectivity index (χ1n) is 19.9. The zero-order valence-electron chi connectivity index (χ0n) is 32.7. The third-order valence-corrected chi connectivity index (χ3v) is 11.3. The first kappa shape index (κ1) is 39.0. The molecule has 302 valence electrons. The monoisotopic (exact) mass is 790 g/mol. The van der Waals surface area contributed by atoms with E-state index in [-0.39, 0.29) is 30.3 Å². The van der Waals surface area contributed by atoms with Gasteiger partial charge in [0.15, 0.2) is 0 Å². The number of ether oxygens (including phenoxy) is 3. The zero-order valence-corrected chi connectivity index (χ0v) is 32.7. The van der Waals surface area contributed by atoms with Crippen molar-refractivity contribution in [2.24, 2.45) is 5.92 Å². The van der Waals surface area contributed by atoms with Crippen LogP contribution in [0.1, 0.15) is 43.9 Å². The Morgan fingerprint density at radius 2 is 1.55 bits per heavy atom. The molecule has 4 heterocycles. The van der Waals surface area contributed by atoms with E-state index in [4.69, 9.17) is 14.2 Å². The van der Waals surface area contributed by atoms with Crippen LogP contribution in [-0.4, -0.2) is 74.6 Å². The third-order valence-electron chi connectivity index (χ3n) is 11.3. The summed E-state index contributed by atoms with van der Waals surface area (Å²) in [7, 11) is 0. The lowest BCUT2D eigenvalue weighted by molar-refractivity contribution is -0.0206. The van der Waals surface area contributed by atoms with Gasteiger partial charge in [0.25, 0.3) is 0 Å². The van der Waals surface area contributed by atoms with E-state index in [1.807, 2.05) is 68.4 Å². The number of rotatable bonds is 15. The van der Waals surface area contributed by atoms with E-state index < -0.39 is 17.2 Å². The number of halogens is 2. The fourth-order valence-corrected chi connectivity index (χ4v) is 8.14. The highest BCUT2D eigenvalue weighted by molar-refractivity contribution is 5.54. The van der Waals surface area contributed by atoms with Crippen molar-refractivity contribution < 1.29 is 23.0 Å². The summed E-state index contributed by atoms with van der Waals surface area (Å²) in [6.45, 7) is 8.91. The topological polar surface area (TPSA) is 105 Å². The number of nitrogens with zero attached hydrogens (tertiary/aromatic N) is 8. The average Bonchev–Trinajstić information content (AvgIpc) is 4.02. The molecule has 2 fully saturated rings. The van der Waals surface area contributed by atoms with E-state index in [9.17, 15) is 9.18 Å². The summed E-state index contributed by atoms with van der Waals surface area (Å²) < 4.78 is 52.1. The van der Waals surface area contributed by atoms with Crippen molar-refractivity contribution in [3.63, 3.8) is 0 Å². The zero-order chi connectivity index (χ0) is 40.1. The second kappa shape index (κ2) is 17.3. The summed E-state index contributed by atoms with van der Waals surface area (Å²) in [6.07, 6.45) is 5.57. The number of aromatic nitrogens is 6. The van der Waals surface area contributed by atoms with E-state index in [1.54, 1.807) is 26.6 Å². The molecule has 0 saturated carbocycles. The minimum absolute atomic E-state index is 0.0128. The van der Waals surface area contributed by atoms with Gasteiger partial charge in [0.1, 0.15) is 42.0 Å². The van der Waals surface area contributed by atoms with Crippen LogP contribution in [0.2, 0.25) is 0 Å². The largest absolute Gasteiger partial charge is 0.493 e. The molecule has 2 aliphatic heterocycles. The van der Waals surface area contributed by atoms with Crippen LogP contribution in [0.5, 0.6) is 5.75 Å². The molecule has 4 atom stereocenters. The predicted molar refractivity (Wildman–Crippen MR) is 216 cm³/mol. The van der Waals surface area contributed by atoms with Gasteiger partial charge in [-0.05, 0) is 79.9 Å². The Kier molecular flexibility index (Phi) is 11.6. The Hall–Kier alpha value is -5.86.